The molecule has 0 spiro atoms. The number of nitrogens with one attached hydrogen (secondary N) is 1. The zero-order chi connectivity index (χ0) is 15.0. The molecule has 0 aromatic carbocycles. The summed E-state index contributed by atoms with van der Waals surface area (Å²) in [6, 6.07) is 0. The zero-order valence-corrected chi connectivity index (χ0v) is 13.2. The minimum absolute atomic E-state index is 0.0610. The Kier molecular flexibility index (Phi) is 7.52. The van der Waals surface area contributed by atoms with Crippen molar-refractivity contribution < 1.29 is 9.90 Å². The van der Waals surface area contributed by atoms with Crippen LogP contribution in [0.3, 0.4) is 0 Å². The van der Waals surface area contributed by atoms with Crippen molar-refractivity contribution in [1.29, 1.82) is 0 Å². The van der Waals surface area contributed by atoms with Crippen LogP contribution in [0.15, 0.2) is 0 Å². The summed E-state index contributed by atoms with van der Waals surface area (Å²) < 4.78 is 0. The van der Waals surface area contributed by atoms with E-state index in [1.807, 2.05) is 0 Å². The summed E-state index contributed by atoms with van der Waals surface area (Å²) in [6.07, 6.45) is 7.50. The number of carbonyl (C=O) groups is 1. The molecule has 0 aromatic heterocycles. The van der Waals surface area contributed by atoms with E-state index in [1.54, 1.807) is 0 Å². The molecule has 1 unspecified atom stereocenters. The lowest BCUT2D eigenvalue weighted by Gasteiger charge is -2.38. The predicted octanol–water partition coefficient (Wildman–Crippen LogP) is 2.20. The van der Waals surface area contributed by atoms with Crippen LogP contribution in [0.2, 0.25) is 0 Å². The molecule has 1 aliphatic rings. The number of nitrogens with two attached hydrogens (primary N) is 1. The molecular weight excluding hydrogens is 252 g/mol. The lowest BCUT2D eigenvalue weighted by atomic mass is 9.77. The minimum Gasteiger partial charge on any atom is -0.394 e. The van der Waals surface area contributed by atoms with Gasteiger partial charge in [0.2, 0.25) is 5.91 Å². The fourth-order valence-corrected chi connectivity index (χ4v) is 3.12. The Bertz CT molecular complexity index is 286. The van der Waals surface area contributed by atoms with Crippen LogP contribution in [0.25, 0.3) is 0 Å². The Balaban J connectivity index is 2.39. The highest BCUT2D eigenvalue weighted by Crippen LogP contribution is 2.31. The standard InChI is InChI=1S/C16H32N2O2/c1-3-14(8-11-17)4-5-15(20)18-16(12-19)9-6-13(2)7-10-16/h13-14,19H,3-12,17H2,1-2H3,(H,18,20). The van der Waals surface area contributed by atoms with Crippen LogP contribution in [-0.2, 0) is 4.79 Å². The highest BCUT2D eigenvalue weighted by molar-refractivity contribution is 5.76. The fraction of sp³-hybridized carbons (Fsp3) is 0.938. The first-order valence-corrected chi connectivity index (χ1v) is 8.17. The summed E-state index contributed by atoms with van der Waals surface area (Å²) in [5, 5.41) is 12.8. The van der Waals surface area contributed by atoms with Crippen molar-refractivity contribution in [3.8, 4) is 0 Å². The third kappa shape index (κ3) is 5.41. The average molecular weight is 284 g/mol. The third-order valence-corrected chi connectivity index (χ3v) is 4.87. The molecule has 0 radical (unpaired) electrons. The number of aliphatic hydroxyl groups is 1. The van der Waals surface area contributed by atoms with Crippen LogP contribution < -0.4 is 11.1 Å². The maximum absolute atomic E-state index is 12.1. The molecular formula is C16H32N2O2. The second-order valence-corrected chi connectivity index (χ2v) is 6.56. The highest BCUT2D eigenvalue weighted by Gasteiger charge is 2.34. The quantitative estimate of drug-likeness (QED) is 0.639. The molecule has 4 nitrogen and oxygen atoms in total. The molecule has 0 heterocycles. The lowest BCUT2D eigenvalue weighted by Crippen LogP contribution is -2.53. The van der Waals surface area contributed by atoms with Gasteiger partial charge in [-0.2, -0.15) is 0 Å². The van der Waals surface area contributed by atoms with Gasteiger partial charge in [0, 0.05) is 6.42 Å². The van der Waals surface area contributed by atoms with E-state index in [4.69, 9.17) is 5.73 Å². The first-order chi connectivity index (χ1) is 9.55. The molecule has 1 fully saturated rings. The fourth-order valence-electron chi connectivity index (χ4n) is 3.12. The molecule has 0 saturated heterocycles. The molecule has 1 saturated carbocycles. The van der Waals surface area contributed by atoms with Gasteiger partial charge < -0.3 is 16.2 Å². The lowest BCUT2D eigenvalue weighted by molar-refractivity contribution is -0.124. The van der Waals surface area contributed by atoms with Crippen LogP contribution >= 0.6 is 0 Å². The van der Waals surface area contributed by atoms with Crippen molar-refractivity contribution >= 4 is 5.91 Å². The van der Waals surface area contributed by atoms with Gasteiger partial charge in [-0.1, -0.05) is 20.3 Å². The maximum atomic E-state index is 12.1. The number of hydrogen-bond acceptors (Lipinski definition) is 3. The zero-order valence-electron chi connectivity index (χ0n) is 13.2. The van der Waals surface area contributed by atoms with Gasteiger partial charge >= 0.3 is 0 Å². The number of hydrogen-bond donors (Lipinski definition) is 3. The van der Waals surface area contributed by atoms with E-state index in [0.717, 1.165) is 44.9 Å². The Hall–Kier alpha value is -0.610. The van der Waals surface area contributed by atoms with E-state index in [9.17, 15) is 9.90 Å². The second-order valence-electron chi connectivity index (χ2n) is 6.56. The summed E-state index contributed by atoms with van der Waals surface area (Å²) in [6.45, 7) is 5.14. The first-order valence-electron chi connectivity index (χ1n) is 8.17. The molecule has 0 aromatic rings. The van der Waals surface area contributed by atoms with E-state index in [-0.39, 0.29) is 18.1 Å². The molecule has 1 aliphatic carbocycles. The van der Waals surface area contributed by atoms with Crippen molar-refractivity contribution in [2.24, 2.45) is 17.6 Å². The normalized spacial score (nSPS) is 28.1. The first kappa shape index (κ1) is 17.4. The highest BCUT2D eigenvalue weighted by atomic mass is 16.3. The molecule has 1 rings (SSSR count). The Morgan fingerprint density at radius 1 is 1.40 bits per heavy atom. The van der Waals surface area contributed by atoms with Crippen LogP contribution in [0.1, 0.15) is 65.2 Å². The molecule has 0 aliphatic heterocycles. The molecule has 4 heteroatoms. The Morgan fingerprint density at radius 2 is 2.05 bits per heavy atom. The SMILES string of the molecule is CCC(CCN)CCC(=O)NC1(CO)CCC(C)CC1. The minimum atomic E-state index is -0.362. The number of amides is 1. The van der Waals surface area contributed by atoms with Gasteiger partial charge in [0.05, 0.1) is 12.1 Å². The van der Waals surface area contributed by atoms with E-state index < -0.39 is 0 Å². The maximum Gasteiger partial charge on any atom is 0.220 e. The number of aliphatic hydroxyl groups excluding tert-OH is 1. The monoisotopic (exact) mass is 284 g/mol. The van der Waals surface area contributed by atoms with E-state index in [2.05, 4.69) is 19.2 Å². The summed E-state index contributed by atoms with van der Waals surface area (Å²) >= 11 is 0. The molecule has 1 amide bonds. The number of rotatable bonds is 8. The Morgan fingerprint density at radius 3 is 2.55 bits per heavy atom. The van der Waals surface area contributed by atoms with Crippen LogP contribution in [0.5, 0.6) is 0 Å². The molecule has 20 heavy (non-hydrogen) atoms. The van der Waals surface area contributed by atoms with Gasteiger partial charge in [0.1, 0.15) is 0 Å². The largest absolute Gasteiger partial charge is 0.394 e. The molecule has 0 bridgehead atoms. The van der Waals surface area contributed by atoms with Gasteiger partial charge in [-0.15, -0.1) is 0 Å². The molecule has 4 N–H and O–H groups in total. The van der Waals surface area contributed by atoms with E-state index >= 15 is 0 Å². The average Bonchev–Trinajstić information content (AvgIpc) is 2.46. The van der Waals surface area contributed by atoms with Crippen LogP contribution in [-0.4, -0.2) is 29.7 Å². The van der Waals surface area contributed by atoms with Gasteiger partial charge in [-0.25, -0.2) is 0 Å². The van der Waals surface area contributed by atoms with Crippen LogP contribution in [0, 0.1) is 11.8 Å². The van der Waals surface area contributed by atoms with Gasteiger partial charge in [-0.3, -0.25) is 4.79 Å². The van der Waals surface area contributed by atoms with Crippen LogP contribution in [0.4, 0.5) is 0 Å². The van der Waals surface area contributed by atoms with E-state index in [1.165, 1.54) is 0 Å². The van der Waals surface area contributed by atoms with Gasteiger partial charge in [0.25, 0.3) is 0 Å². The predicted molar refractivity (Wildman–Crippen MR) is 82.3 cm³/mol. The van der Waals surface area contributed by atoms with Crippen molar-refractivity contribution in [3.63, 3.8) is 0 Å². The summed E-state index contributed by atoms with van der Waals surface area (Å²) in [4.78, 5) is 12.1. The van der Waals surface area contributed by atoms with Gasteiger partial charge in [0.15, 0.2) is 0 Å². The van der Waals surface area contributed by atoms with Gasteiger partial charge in [-0.05, 0) is 56.9 Å². The summed E-state index contributed by atoms with van der Waals surface area (Å²) in [5.41, 5.74) is 5.22. The van der Waals surface area contributed by atoms with Crippen molar-refractivity contribution in [2.75, 3.05) is 13.2 Å². The molecule has 118 valence electrons. The smallest absolute Gasteiger partial charge is 0.220 e. The summed E-state index contributed by atoms with van der Waals surface area (Å²) in [5.74, 6) is 1.34. The second kappa shape index (κ2) is 8.63. The Labute approximate surface area is 123 Å². The topological polar surface area (TPSA) is 75.4 Å². The van der Waals surface area contributed by atoms with Crippen molar-refractivity contribution in [2.45, 2.75) is 70.8 Å². The van der Waals surface area contributed by atoms with Crippen molar-refractivity contribution in [3.05, 3.63) is 0 Å². The third-order valence-electron chi connectivity index (χ3n) is 4.87. The number of carbonyl (C=O) groups excluding carboxylic acids is 1. The van der Waals surface area contributed by atoms with E-state index in [0.29, 0.717) is 24.8 Å². The van der Waals surface area contributed by atoms with Crippen molar-refractivity contribution in [1.82, 2.24) is 5.32 Å². The molecule has 1 atom stereocenters. The summed E-state index contributed by atoms with van der Waals surface area (Å²) in [7, 11) is 0.